The van der Waals surface area contributed by atoms with Crippen molar-refractivity contribution in [1.29, 1.82) is 0 Å². The molecule has 0 aliphatic heterocycles. The van der Waals surface area contributed by atoms with Crippen LogP contribution in [0.1, 0.15) is 24.0 Å². The number of benzene rings is 1. The second kappa shape index (κ2) is 6.14. The molecule has 0 heterocycles. The van der Waals surface area contributed by atoms with Crippen molar-refractivity contribution in [2.75, 3.05) is 13.2 Å². The van der Waals surface area contributed by atoms with Crippen molar-refractivity contribution < 1.29 is 13.5 Å². The zero-order valence-corrected chi connectivity index (χ0v) is 11.0. The minimum Gasteiger partial charge on any atom is -0.396 e. The van der Waals surface area contributed by atoms with Crippen LogP contribution in [-0.2, 0) is 10.0 Å². The minimum atomic E-state index is -3.42. The summed E-state index contributed by atoms with van der Waals surface area (Å²) in [5, 5.41) is 8.61. The van der Waals surface area contributed by atoms with Crippen LogP contribution in [0.4, 0.5) is 0 Å². The standard InChI is InChI=1S/C12H19NO3S/c1-10-5-6-12(11(2)9-10)17(15,16)13-7-3-4-8-14/h5-6,9,13-14H,3-4,7-8H2,1-2H3. The van der Waals surface area contributed by atoms with Gasteiger partial charge in [0.05, 0.1) is 4.90 Å². The second-order valence-electron chi connectivity index (χ2n) is 4.10. The lowest BCUT2D eigenvalue weighted by Gasteiger charge is -2.09. The van der Waals surface area contributed by atoms with Gasteiger partial charge in [-0.3, -0.25) is 0 Å². The highest BCUT2D eigenvalue weighted by molar-refractivity contribution is 7.89. The van der Waals surface area contributed by atoms with Gasteiger partial charge in [-0.25, -0.2) is 13.1 Å². The summed E-state index contributed by atoms with van der Waals surface area (Å²) >= 11 is 0. The molecule has 0 saturated heterocycles. The van der Waals surface area contributed by atoms with Crippen molar-refractivity contribution in [2.45, 2.75) is 31.6 Å². The Morgan fingerprint density at radius 3 is 2.53 bits per heavy atom. The maximum atomic E-state index is 12.0. The zero-order chi connectivity index (χ0) is 12.9. The average molecular weight is 257 g/mol. The number of aliphatic hydroxyl groups is 1. The number of rotatable bonds is 6. The van der Waals surface area contributed by atoms with Crippen LogP contribution in [0.3, 0.4) is 0 Å². The first-order valence-electron chi connectivity index (χ1n) is 5.65. The fourth-order valence-corrected chi connectivity index (χ4v) is 2.92. The highest BCUT2D eigenvalue weighted by Crippen LogP contribution is 2.16. The molecule has 0 fully saturated rings. The molecule has 0 unspecified atom stereocenters. The van der Waals surface area contributed by atoms with Gasteiger partial charge in [-0.2, -0.15) is 0 Å². The Hall–Kier alpha value is -0.910. The molecule has 0 aliphatic rings. The SMILES string of the molecule is Cc1ccc(S(=O)(=O)NCCCCO)c(C)c1. The Balaban J connectivity index is 2.76. The number of hydrogen-bond acceptors (Lipinski definition) is 3. The zero-order valence-electron chi connectivity index (χ0n) is 10.2. The van der Waals surface area contributed by atoms with Crippen LogP contribution in [0.5, 0.6) is 0 Å². The van der Waals surface area contributed by atoms with Gasteiger partial charge in [0.2, 0.25) is 10.0 Å². The van der Waals surface area contributed by atoms with E-state index in [9.17, 15) is 8.42 Å². The molecule has 17 heavy (non-hydrogen) atoms. The molecule has 0 saturated carbocycles. The topological polar surface area (TPSA) is 66.4 Å². The highest BCUT2D eigenvalue weighted by atomic mass is 32.2. The van der Waals surface area contributed by atoms with E-state index in [0.29, 0.717) is 24.3 Å². The lowest BCUT2D eigenvalue weighted by molar-refractivity contribution is 0.285. The predicted octanol–water partition coefficient (Wildman–Crippen LogP) is 1.35. The molecule has 2 N–H and O–H groups in total. The van der Waals surface area contributed by atoms with E-state index in [1.165, 1.54) is 0 Å². The maximum absolute atomic E-state index is 12.0. The van der Waals surface area contributed by atoms with Gasteiger partial charge in [-0.05, 0) is 38.3 Å². The third-order valence-electron chi connectivity index (χ3n) is 2.50. The molecule has 0 amide bonds. The molecule has 0 bridgehead atoms. The minimum absolute atomic E-state index is 0.0886. The Morgan fingerprint density at radius 2 is 1.94 bits per heavy atom. The average Bonchev–Trinajstić information content (AvgIpc) is 2.24. The summed E-state index contributed by atoms with van der Waals surface area (Å²) in [4.78, 5) is 0.326. The molecule has 0 atom stereocenters. The van der Waals surface area contributed by atoms with Gasteiger partial charge >= 0.3 is 0 Å². The number of aryl methyl sites for hydroxylation is 2. The lowest BCUT2D eigenvalue weighted by Crippen LogP contribution is -2.25. The highest BCUT2D eigenvalue weighted by Gasteiger charge is 2.15. The van der Waals surface area contributed by atoms with Crippen LogP contribution in [-0.4, -0.2) is 26.7 Å². The largest absolute Gasteiger partial charge is 0.396 e. The summed E-state index contributed by atoms with van der Waals surface area (Å²) in [6.45, 7) is 4.16. The number of sulfonamides is 1. The van der Waals surface area contributed by atoms with Crippen molar-refractivity contribution in [2.24, 2.45) is 0 Å². The smallest absolute Gasteiger partial charge is 0.240 e. The van der Waals surface area contributed by atoms with Gasteiger partial charge < -0.3 is 5.11 Å². The van der Waals surface area contributed by atoms with Gasteiger partial charge in [0, 0.05) is 13.2 Å². The van der Waals surface area contributed by atoms with Crippen molar-refractivity contribution in [3.63, 3.8) is 0 Å². The van der Waals surface area contributed by atoms with E-state index < -0.39 is 10.0 Å². The normalized spacial score (nSPS) is 11.7. The maximum Gasteiger partial charge on any atom is 0.240 e. The molecular weight excluding hydrogens is 238 g/mol. The second-order valence-corrected chi connectivity index (χ2v) is 5.83. The van der Waals surface area contributed by atoms with E-state index in [4.69, 9.17) is 5.11 Å². The molecule has 0 radical (unpaired) electrons. The summed E-state index contributed by atoms with van der Waals surface area (Å²) in [5.41, 5.74) is 1.79. The van der Waals surface area contributed by atoms with Crippen LogP contribution in [0.2, 0.25) is 0 Å². The van der Waals surface area contributed by atoms with Crippen LogP contribution >= 0.6 is 0 Å². The molecule has 4 nitrogen and oxygen atoms in total. The quantitative estimate of drug-likeness (QED) is 0.756. The van der Waals surface area contributed by atoms with E-state index in [0.717, 1.165) is 11.1 Å². The summed E-state index contributed by atoms with van der Waals surface area (Å²) in [7, 11) is -3.42. The van der Waals surface area contributed by atoms with Gasteiger partial charge in [0.1, 0.15) is 0 Å². The number of nitrogens with one attached hydrogen (secondary N) is 1. The summed E-state index contributed by atoms with van der Waals surface area (Å²) in [6, 6.07) is 5.26. The summed E-state index contributed by atoms with van der Waals surface area (Å²) in [5.74, 6) is 0. The fourth-order valence-electron chi connectivity index (χ4n) is 1.62. The van der Waals surface area contributed by atoms with E-state index >= 15 is 0 Å². The Kier molecular flexibility index (Phi) is 5.11. The molecule has 0 aliphatic carbocycles. The molecule has 5 heteroatoms. The van der Waals surface area contributed by atoms with Crippen LogP contribution in [0.25, 0.3) is 0 Å². The third kappa shape index (κ3) is 4.11. The van der Waals surface area contributed by atoms with Crippen LogP contribution in [0.15, 0.2) is 23.1 Å². The van der Waals surface area contributed by atoms with Crippen LogP contribution < -0.4 is 4.72 Å². The number of unbranched alkanes of at least 4 members (excludes halogenated alkanes) is 1. The van der Waals surface area contributed by atoms with Crippen molar-refractivity contribution in [1.82, 2.24) is 4.72 Å². The van der Waals surface area contributed by atoms with E-state index in [1.54, 1.807) is 19.1 Å². The van der Waals surface area contributed by atoms with Gasteiger partial charge in [-0.15, -0.1) is 0 Å². The van der Waals surface area contributed by atoms with E-state index in [1.807, 2.05) is 13.0 Å². The number of hydrogen-bond donors (Lipinski definition) is 2. The summed E-state index contributed by atoms with van der Waals surface area (Å²) < 4.78 is 26.4. The molecule has 0 aromatic heterocycles. The summed E-state index contributed by atoms with van der Waals surface area (Å²) in [6.07, 6.45) is 1.25. The van der Waals surface area contributed by atoms with Crippen molar-refractivity contribution in [3.05, 3.63) is 29.3 Å². The Bertz CT molecular complexity index is 469. The monoisotopic (exact) mass is 257 g/mol. The molecule has 96 valence electrons. The van der Waals surface area contributed by atoms with Gasteiger partial charge in [-0.1, -0.05) is 17.7 Å². The molecule has 1 rings (SSSR count). The van der Waals surface area contributed by atoms with Gasteiger partial charge in [0.25, 0.3) is 0 Å². The molecule has 1 aromatic rings. The predicted molar refractivity (Wildman–Crippen MR) is 67.4 cm³/mol. The first-order valence-corrected chi connectivity index (χ1v) is 7.13. The fraction of sp³-hybridized carbons (Fsp3) is 0.500. The Morgan fingerprint density at radius 1 is 1.24 bits per heavy atom. The molecule has 1 aromatic carbocycles. The first-order chi connectivity index (χ1) is 7.97. The van der Waals surface area contributed by atoms with Crippen molar-refractivity contribution >= 4 is 10.0 Å². The number of aliphatic hydroxyl groups excluding tert-OH is 1. The Labute approximate surface area is 103 Å². The van der Waals surface area contributed by atoms with Gasteiger partial charge in [0.15, 0.2) is 0 Å². The lowest BCUT2D eigenvalue weighted by atomic mass is 10.2. The molecular formula is C12H19NO3S. The van der Waals surface area contributed by atoms with Crippen LogP contribution in [0, 0.1) is 13.8 Å². The van der Waals surface area contributed by atoms with E-state index in [2.05, 4.69) is 4.72 Å². The third-order valence-corrected chi connectivity index (χ3v) is 4.12. The van der Waals surface area contributed by atoms with Crippen molar-refractivity contribution in [3.8, 4) is 0 Å². The van der Waals surface area contributed by atoms with E-state index in [-0.39, 0.29) is 6.61 Å². The molecule has 0 spiro atoms. The first kappa shape index (κ1) is 14.2.